The highest BCUT2D eigenvalue weighted by Crippen LogP contribution is 2.43. The second-order valence-electron chi connectivity index (χ2n) is 6.79. The van der Waals surface area contributed by atoms with Crippen LogP contribution in [0, 0.1) is 10.1 Å². The minimum Gasteiger partial charge on any atom is -0.466 e. The van der Waals surface area contributed by atoms with Crippen LogP contribution in [0.4, 0.5) is 11.4 Å². The van der Waals surface area contributed by atoms with E-state index in [0.29, 0.717) is 11.3 Å². The molecule has 0 saturated heterocycles. The monoisotopic (exact) mass is 422 g/mol. The molecule has 0 aromatic heterocycles. The van der Waals surface area contributed by atoms with Gasteiger partial charge in [-0.2, -0.15) is 0 Å². The standard InChI is InChI=1S/C22H18N2O7/c1-29-21(25)18-19(22(26)30-2)23-16-6-4-3-5-13(16)9-12-17(23)31-20(18)14-7-10-15(11-8-14)24(27)28/h3-12,17,20H,1-2H3/t17-,20+/m0/s1. The number of esters is 2. The Kier molecular flexibility index (Phi) is 5.26. The molecule has 2 heterocycles. The number of rotatable bonds is 4. The molecule has 0 bridgehead atoms. The molecule has 2 atom stereocenters. The first kappa shape index (κ1) is 20.3. The molecule has 9 nitrogen and oxygen atoms in total. The second-order valence-corrected chi connectivity index (χ2v) is 6.79. The molecule has 2 aliphatic heterocycles. The Bertz CT molecular complexity index is 1120. The number of nitro benzene ring substituents is 1. The first-order valence-electron chi connectivity index (χ1n) is 9.33. The van der Waals surface area contributed by atoms with E-state index in [9.17, 15) is 19.7 Å². The van der Waals surface area contributed by atoms with Crippen molar-refractivity contribution in [3.8, 4) is 0 Å². The van der Waals surface area contributed by atoms with Crippen LogP contribution < -0.4 is 4.90 Å². The van der Waals surface area contributed by atoms with Crippen LogP contribution in [0.2, 0.25) is 0 Å². The summed E-state index contributed by atoms with van der Waals surface area (Å²) in [5.74, 6) is -1.50. The Morgan fingerprint density at radius 3 is 2.35 bits per heavy atom. The van der Waals surface area contributed by atoms with Crippen LogP contribution in [0.15, 0.2) is 65.9 Å². The van der Waals surface area contributed by atoms with E-state index in [2.05, 4.69) is 0 Å². The zero-order valence-electron chi connectivity index (χ0n) is 16.7. The predicted octanol–water partition coefficient (Wildman–Crippen LogP) is 3.13. The van der Waals surface area contributed by atoms with Gasteiger partial charge in [0.2, 0.25) is 0 Å². The van der Waals surface area contributed by atoms with Gasteiger partial charge in [0.05, 0.1) is 24.8 Å². The number of non-ortho nitro benzene ring substituents is 1. The minimum absolute atomic E-state index is 0.00856. The largest absolute Gasteiger partial charge is 0.466 e. The SMILES string of the molecule is COC(=O)C1=C(C(=O)OC)N2c3ccccc3C=C[C@@H]2O[C@@H]1c1ccc([N+](=O)[O-])cc1. The number of nitrogens with zero attached hydrogens (tertiary/aromatic N) is 2. The number of benzene rings is 2. The van der Waals surface area contributed by atoms with Crippen LogP contribution in [0.1, 0.15) is 17.2 Å². The molecule has 9 heteroatoms. The van der Waals surface area contributed by atoms with Gasteiger partial charge in [0, 0.05) is 12.1 Å². The topological polar surface area (TPSA) is 108 Å². The zero-order chi connectivity index (χ0) is 22.1. The van der Waals surface area contributed by atoms with Gasteiger partial charge in [0.15, 0.2) is 6.23 Å². The number of fused-ring (bicyclic) bond motifs is 3. The quantitative estimate of drug-likeness (QED) is 0.420. The molecule has 0 aliphatic carbocycles. The van der Waals surface area contributed by atoms with Gasteiger partial charge in [0.25, 0.3) is 5.69 Å². The van der Waals surface area contributed by atoms with Crippen molar-refractivity contribution in [3.05, 3.63) is 87.1 Å². The summed E-state index contributed by atoms with van der Waals surface area (Å²) in [6, 6.07) is 12.9. The highest BCUT2D eigenvalue weighted by atomic mass is 16.6. The third-order valence-corrected chi connectivity index (χ3v) is 5.12. The molecule has 2 aromatic carbocycles. The molecule has 0 amide bonds. The highest BCUT2D eigenvalue weighted by Gasteiger charge is 2.44. The van der Waals surface area contributed by atoms with E-state index in [1.807, 2.05) is 24.3 Å². The van der Waals surface area contributed by atoms with Crippen LogP contribution in [0.3, 0.4) is 0 Å². The Morgan fingerprint density at radius 2 is 1.71 bits per heavy atom. The zero-order valence-corrected chi connectivity index (χ0v) is 16.7. The molecule has 4 rings (SSSR count). The fourth-order valence-electron chi connectivity index (χ4n) is 3.71. The van der Waals surface area contributed by atoms with Crippen molar-refractivity contribution in [1.29, 1.82) is 0 Å². The molecule has 158 valence electrons. The molecule has 0 radical (unpaired) electrons. The lowest BCUT2D eigenvalue weighted by atomic mass is 9.94. The normalized spacial score (nSPS) is 19.4. The number of nitro groups is 1. The van der Waals surface area contributed by atoms with E-state index >= 15 is 0 Å². The number of anilines is 1. The predicted molar refractivity (Wildman–Crippen MR) is 110 cm³/mol. The Hall–Kier alpha value is -3.98. The van der Waals surface area contributed by atoms with E-state index in [1.54, 1.807) is 17.0 Å². The third kappa shape index (κ3) is 3.44. The number of hydrogen-bond acceptors (Lipinski definition) is 8. The maximum absolute atomic E-state index is 12.9. The molecule has 0 unspecified atom stereocenters. The number of para-hydroxylation sites is 1. The van der Waals surface area contributed by atoms with Crippen LogP contribution in [-0.2, 0) is 23.8 Å². The summed E-state index contributed by atoms with van der Waals surface area (Å²) in [6.07, 6.45) is 1.91. The van der Waals surface area contributed by atoms with Gasteiger partial charge in [-0.05, 0) is 35.4 Å². The summed E-state index contributed by atoms with van der Waals surface area (Å²) in [5.41, 5.74) is 1.79. The lowest BCUT2D eigenvalue weighted by molar-refractivity contribution is -0.384. The first-order valence-corrected chi connectivity index (χ1v) is 9.33. The maximum Gasteiger partial charge on any atom is 0.355 e. The Labute approximate surface area is 177 Å². The number of carbonyl (C=O) groups excluding carboxylic acids is 2. The summed E-state index contributed by atoms with van der Waals surface area (Å²) < 4.78 is 16.2. The van der Waals surface area contributed by atoms with E-state index in [-0.39, 0.29) is 17.0 Å². The van der Waals surface area contributed by atoms with Gasteiger partial charge in [-0.3, -0.25) is 10.1 Å². The van der Waals surface area contributed by atoms with Crippen LogP contribution in [0.5, 0.6) is 0 Å². The minimum atomic E-state index is -1.00. The third-order valence-electron chi connectivity index (χ3n) is 5.12. The molecule has 0 spiro atoms. The fraction of sp³-hybridized carbons (Fsp3) is 0.182. The van der Waals surface area contributed by atoms with Gasteiger partial charge < -0.3 is 19.1 Å². The average Bonchev–Trinajstić information content (AvgIpc) is 2.81. The van der Waals surface area contributed by atoms with Gasteiger partial charge in [-0.25, -0.2) is 9.59 Å². The lowest BCUT2D eigenvalue weighted by Crippen LogP contribution is -2.47. The van der Waals surface area contributed by atoms with Crippen molar-refractivity contribution >= 4 is 29.4 Å². The fourth-order valence-corrected chi connectivity index (χ4v) is 3.71. The summed E-state index contributed by atoms with van der Waals surface area (Å²) in [4.78, 5) is 37.8. The summed E-state index contributed by atoms with van der Waals surface area (Å²) in [7, 11) is 2.43. The Balaban J connectivity index is 1.93. The smallest absolute Gasteiger partial charge is 0.355 e. The molecule has 0 saturated carbocycles. The number of ether oxygens (including phenoxy) is 3. The van der Waals surface area contributed by atoms with Crippen LogP contribution in [0.25, 0.3) is 6.08 Å². The van der Waals surface area contributed by atoms with E-state index in [0.717, 1.165) is 5.56 Å². The van der Waals surface area contributed by atoms with E-state index in [1.165, 1.54) is 38.5 Å². The van der Waals surface area contributed by atoms with Crippen molar-refractivity contribution in [2.75, 3.05) is 19.1 Å². The van der Waals surface area contributed by atoms with Crippen LogP contribution >= 0.6 is 0 Å². The second kappa shape index (κ2) is 8.04. The van der Waals surface area contributed by atoms with Crippen molar-refractivity contribution in [1.82, 2.24) is 0 Å². The van der Waals surface area contributed by atoms with Crippen LogP contribution in [-0.4, -0.2) is 37.3 Å². The molecule has 31 heavy (non-hydrogen) atoms. The highest BCUT2D eigenvalue weighted by molar-refractivity contribution is 6.05. The van der Waals surface area contributed by atoms with Gasteiger partial charge in [-0.15, -0.1) is 0 Å². The van der Waals surface area contributed by atoms with Crippen molar-refractivity contribution < 1.29 is 28.7 Å². The van der Waals surface area contributed by atoms with Crippen molar-refractivity contribution in [2.24, 2.45) is 0 Å². The van der Waals surface area contributed by atoms with E-state index < -0.39 is 29.2 Å². The molecular formula is C22H18N2O7. The maximum atomic E-state index is 12.9. The number of hydrogen-bond donors (Lipinski definition) is 0. The van der Waals surface area contributed by atoms with E-state index in [4.69, 9.17) is 14.2 Å². The summed E-state index contributed by atoms with van der Waals surface area (Å²) in [6.45, 7) is 0. The molecule has 0 fully saturated rings. The molecule has 2 aromatic rings. The number of carbonyl (C=O) groups is 2. The average molecular weight is 422 g/mol. The summed E-state index contributed by atoms with van der Waals surface area (Å²) >= 11 is 0. The van der Waals surface area contributed by atoms with Crippen molar-refractivity contribution in [3.63, 3.8) is 0 Å². The lowest BCUT2D eigenvalue weighted by Gasteiger charge is -2.42. The number of methoxy groups -OCH3 is 2. The van der Waals surface area contributed by atoms with Gasteiger partial charge in [-0.1, -0.05) is 24.3 Å². The Morgan fingerprint density at radius 1 is 1.03 bits per heavy atom. The van der Waals surface area contributed by atoms with Gasteiger partial charge in [0.1, 0.15) is 17.4 Å². The summed E-state index contributed by atoms with van der Waals surface area (Å²) in [5, 5.41) is 11.0. The molecule has 0 N–H and O–H groups in total. The van der Waals surface area contributed by atoms with Gasteiger partial charge >= 0.3 is 11.9 Å². The molecular weight excluding hydrogens is 404 g/mol. The van der Waals surface area contributed by atoms with Crippen molar-refractivity contribution in [2.45, 2.75) is 12.3 Å². The first-order chi connectivity index (χ1) is 15.0. The molecule has 2 aliphatic rings.